The molecule has 168 valence electrons. The Labute approximate surface area is 201 Å². The van der Waals surface area contributed by atoms with Crippen LogP contribution in [0.25, 0.3) is 6.08 Å². The number of methoxy groups -OCH3 is 1. The molecule has 4 atom stereocenters. The molecule has 7 nitrogen and oxygen atoms in total. The van der Waals surface area contributed by atoms with E-state index >= 15 is 0 Å². The largest absolute Gasteiger partial charge is 0.506 e. The van der Waals surface area contributed by atoms with Crippen molar-refractivity contribution >= 4 is 46.6 Å². The van der Waals surface area contributed by atoms with Crippen LogP contribution in [-0.4, -0.2) is 33.9 Å². The van der Waals surface area contributed by atoms with Gasteiger partial charge in [-0.05, 0) is 31.2 Å². The van der Waals surface area contributed by atoms with Gasteiger partial charge >= 0.3 is 5.97 Å². The molecule has 1 spiro atoms. The Morgan fingerprint density at radius 1 is 1.33 bits per heavy atom. The Hall–Kier alpha value is -2.81. The van der Waals surface area contributed by atoms with E-state index in [1.54, 1.807) is 10.6 Å². The molecule has 0 saturated heterocycles. The topological polar surface area (TPSA) is 90.1 Å². The molecule has 1 N–H and O–H groups in total. The quantitative estimate of drug-likeness (QED) is 0.544. The molecule has 10 heteroatoms. The molecule has 0 radical (unpaired) electrons. The number of esters is 1. The second-order valence-corrected chi connectivity index (χ2v) is 10.3. The van der Waals surface area contributed by atoms with Crippen molar-refractivity contribution in [1.82, 2.24) is 4.57 Å². The van der Waals surface area contributed by atoms with Crippen molar-refractivity contribution in [2.75, 3.05) is 7.11 Å². The third-order valence-electron chi connectivity index (χ3n) is 6.80. The number of phenolic OH excluding ortho intramolecular Hbond substituents is 1. The number of benzene rings is 2. The van der Waals surface area contributed by atoms with Crippen LogP contribution in [0.4, 0.5) is 0 Å². The van der Waals surface area contributed by atoms with Gasteiger partial charge in [0.1, 0.15) is 29.0 Å². The lowest BCUT2D eigenvalue weighted by Crippen LogP contribution is -2.47. The molecule has 2 aliphatic heterocycles. The lowest BCUT2D eigenvalue weighted by molar-refractivity contribution is -0.144. The minimum absolute atomic E-state index is 0.0895. The SMILES string of the molecule is COC(=O)[C@H]1[C@]23Oc4ccccc4[C@H]2n2c(s/c(=C\c4cc(Cl)cc(Cl)c4O)c2=O)=N[C@]13C. The average molecular weight is 503 g/mol. The van der Waals surface area contributed by atoms with E-state index in [2.05, 4.69) is 0 Å². The van der Waals surface area contributed by atoms with Gasteiger partial charge in [-0.2, -0.15) is 0 Å². The molecule has 1 fully saturated rings. The van der Waals surface area contributed by atoms with Gasteiger partial charge in [0.25, 0.3) is 5.56 Å². The van der Waals surface area contributed by atoms with Crippen LogP contribution >= 0.6 is 34.5 Å². The zero-order valence-electron chi connectivity index (χ0n) is 17.3. The third-order valence-corrected chi connectivity index (χ3v) is 8.29. The maximum absolute atomic E-state index is 13.6. The number of hydrogen-bond acceptors (Lipinski definition) is 7. The number of hydrogen-bond donors (Lipinski definition) is 1. The highest BCUT2D eigenvalue weighted by molar-refractivity contribution is 7.07. The van der Waals surface area contributed by atoms with Gasteiger partial charge in [0.05, 0.1) is 16.7 Å². The zero-order chi connectivity index (χ0) is 23.3. The van der Waals surface area contributed by atoms with Gasteiger partial charge < -0.3 is 14.6 Å². The molecular weight excluding hydrogens is 487 g/mol. The molecule has 6 rings (SSSR count). The fourth-order valence-corrected chi connectivity index (χ4v) is 6.90. The van der Waals surface area contributed by atoms with E-state index < -0.39 is 29.1 Å². The van der Waals surface area contributed by atoms with E-state index in [0.717, 1.165) is 5.56 Å². The monoisotopic (exact) mass is 502 g/mol. The summed E-state index contributed by atoms with van der Waals surface area (Å²) in [6.07, 6.45) is 1.54. The molecule has 3 heterocycles. The molecule has 0 amide bonds. The summed E-state index contributed by atoms with van der Waals surface area (Å²) in [6.45, 7) is 1.85. The van der Waals surface area contributed by atoms with Crippen molar-refractivity contribution in [2.24, 2.45) is 10.9 Å². The summed E-state index contributed by atoms with van der Waals surface area (Å²) in [5.74, 6) is -0.624. The summed E-state index contributed by atoms with van der Waals surface area (Å²) in [7, 11) is 1.33. The molecule has 3 aromatic rings. The predicted octanol–water partition coefficient (Wildman–Crippen LogP) is 2.67. The Morgan fingerprint density at radius 3 is 2.85 bits per heavy atom. The van der Waals surface area contributed by atoms with Crippen LogP contribution in [0.15, 0.2) is 46.2 Å². The van der Waals surface area contributed by atoms with Gasteiger partial charge in [-0.15, -0.1) is 0 Å². The number of carbonyl (C=O) groups excluding carboxylic acids is 1. The fraction of sp³-hybridized carbons (Fsp3) is 0.261. The predicted molar refractivity (Wildman–Crippen MR) is 123 cm³/mol. The number of rotatable bonds is 2. The first kappa shape index (κ1) is 20.8. The number of halogens is 2. The second kappa shape index (κ2) is 6.62. The van der Waals surface area contributed by atoms with Crippen molar-refractivity contribution in [3.05, 3.63) is 77.3 Å². The van der Waals surface area contributed by atoms with Crippen LogP contribution in [0.3, 0.4) is 0 Å². The molecular formula is C23H16Cl2N2O5S. The van der Waals surface area contributed by atoms with Crippen LogP contribution < -0.4 is 19.6 Å². The van der Waals surface area contributed by atoms with Crippen molar-refractivity contribution < 1.29 is 19.4 Å². The normalized spacial score (nSPS) is 28.7. The number of phenols is 1. The van der Waals surface area contributed by atoms with Crippen LogP contribution in [-0.2, 0) is 9.53 Å². The van der Waals surface area contributed by atoms with Gasteiger partial charge in [0.2, 0.25) is 0 Å². The second-order valence-electron chi connectivity index (χ2n) is 8.44. The van der Waals surface area contributed by atoms with Gasteiger partial charge in [0.15, 0.2) is 10.4 Å². The molecule has 1 aliphatic carbocycles. The summed E-state index contributed by atoms with van der Waals surface area (Å²) >= 11 is 13.3. The summed E-state index contributed by atoms with van der Waals surface area (Å²) in [5, 5.41) is 10.8. The maximum atomic E-state index is 13.6. The summed E-state index contributed by atoms with van der Waals surface area (Å²) < 4.78 is 13.3. The van der Waals surface area contributed by atoms with Gasteiger partial charge in [-0.3, -0.25) is 14.2 Å². The molecule has 0 bridgehead atoms. The Kier molecular flexibility index (Phi) is 4.17. The fourth-order valence-electron chi connectivity index (χ4n) is 5.30. The molecule has 1 aromatic heterocycles. The van der Waals surface area contributed by atoms with Crippen LogP contribution in [0.5, 0.6) is 11.5 Å². The van der Waals surface area contributed by atoms with E-state index in [-0.39, 0.29) is 16.3 Å². The maximum Gasteiger partial charge on any atom is 0.315 e. The molecule has 0 unspecified atom stereocenters. The number of aromatic nitrogens is 1. The smallest absolute Gasteiger partial charge is 0.315 e. The summed E-state index contributed by atoms with van der Waals surface area (Å²) in [5.41, 5.74) is -1.10. The van der Waals surface area contributed by atoms with Gasteiger partial charge in [-0.1, -0.05) is 52.7 Å². The highest BCUT2D eigenvalue weighted by Crippen LogP contribution is 2.70. The third kappa shape index (κ3) is 2.48. The van der Waals surface area contributed by atoms with Gasteiger partial charge in [-0.25, -0.2) is 4.99 Å². The van der Waals surface area contributed by atoms with Crippen LogP contribution in [0, 0.1) is 5.92 Å². The number of carbonyl (C=O) groups is 1. The lowest BCUT2D eigenvalue weighted by Gasteiger charge is -2.26. The van der Waals surface area contributed by atoms with Gasteiger partial charge in [0, 0.05) is 16.1 Å². The first-order valence-electron chi connectivity index (χ1n) is 10.1. The summed E-state index contributed by atoms with van der Waals surface area (Å²) in [4.78, 5) is 31.6. The minimum atomic E-state index is -1.04. The molecule has 2 aromatic carbocycles. The van der Waals surface area contributed by atoms with E-state index in [1.165, 1.54) is 30.6 Å². The standard InChI is InChI=1S/C23H16Cl2N2O5S/c1-22-17(20(30)31-2)23(22)18(12-5-3-4-6-14(12)32-23)27-19(29)15(33-21(27)26-22)8-10-7-11(24)9-13(25)16(10)28/h3-9,17-18,28H,1-2H3/b15-8-/t17-,18-,22-,23+/m1/s1. The van der Waals surface area contributed by atoms with Crippen molar-refractivity contribution in [3.8, 4) is 11.5 Å². The van der Waals surface area contributed by atoms with E-state index in [4.69, 9.17) is 37.7 Å². The number of nitrogens with zero attached hydrogens (tertiary/aromatic N) is 2. The number of aromatic hydroxyl groups is 1. The van der Waals surface area contributed by atoms with E-state index in [1.807, 2.05) is 31.2 Å². The lowest BCUT2D eigenvalue weighted by atomic mass is 9.97. The Bertz CT molecular complexity index is 1560. The van der Waals surface area contributed by atoms with Crippen molar-refractivity contribution in [3.63, 3.8) is 0 Å². The van der Waals surface area contributed by atoms with E-state index in [0.29, 0.717) is 25.7 Å². The Morgan fingerprint density at radius 2 is 2.09 bits per heavy atom. The average Bonchev–Trinajstić information content (AvgIpc) is 2.99. The Balaban J connectivity index is 1.63. The van der Waals surface area contributed by atoms with Crippen molar-refractivity contribution in [1.29, 1.82) is 0 Å². The highest BCUT2D eigenvalue weighted by atomic mass is 35.5. The highest BCUT2D eigenvalue weighted by Gasteiger charge is 2.88. The van der Waals surface area contributed by atoms with Crippen LogP contribution in [0.1, 0.15) is 24.1 Å². The van der Waals surface area contributed by atoms with Crippen LogP contribution in [0.2, 0.25) is 10.0 Å². The zero-order valence-corrected chi connectivity index (χ0v) is 19.7. The molecule has 33 heavy (non-hydrogen) atoms. The van der Waals surface area contributed by atoms with Crippen molar-refractivity contribution in [2.45, 2.75) is 24.1 Å². The number of ether oxygens (including phenoxy) is 2. The summed E-state index contributed by atoms with van der Waals surface area (Å²) in [6, 6.07) is 9.85. The first-order chi connectivity index (χ1) is 15.7. The minimum Gasteiger partial charge on any atom is -0.506 e. The first-order valence-corrected chi connectivity index (χ1v) is 11.7. The molecule has 3 aliphatic rings. The van der Waals surface area contributed by atoms with E-state index in [9.17, 15) is 14.7 Å². The number of fused-ring (bicyclic) bond motifs is 4. The number of para-hydroxylation sites is 1. The molecule has 1 saturated carbocycles. The number of thiazole rings is 1.